The van der Waals surface area contributed by atoms with Crippen LogP contribution in [0.3, 0.4) is 0 Å². The molecule has 0 aliphatic carbocycles. The average Bonchev–Trinajstić information content (AvgIpc) is 2.95. The molecule has 0 spiro atoms. The quantitative estimate of drug-likeness (QED) is 0.211. The first-order valence-corrected chi connectivity index (χ1v) is 13.0. The number of esters is 2. The van der Waals surface area contributed by atoms with Gasteiger partial charge in [0.1, 0.15) is 11.5 Å². The second-order valence-corrected chi connectivity index (χ2v) is 9.42. The Morgan fingerprint density at radius 3 is 2.00 bits per heavy atom. The minimum Gasteiger partial charge on any atom is -0.497 e. The third kappa shape index (κ3) is 11.6. The third-order valence-corrected chi connectivity index (χ3v) is 5.51. The SMILES string of the molecule is CNCCc1ccc(OC(=O)C(C)C)c(OC(=O)C(C)C)c1.COc1ccc(OC)c(C(O)CNC(=O)CN)c1. The highest BCUT2D eigenvalue weighted by molar-refractivity contribution is 5.78. The van der Waals surface area contributed by atoms with Crippen LogP contribution in [0, 0.1) is 11.8 Å². The normalized spacial score (nSPS) is 11.3. The van der Waals surface area contributed by atoms with Crippen molar-refractivity contribution in [2.75, 3.05) is 40.9 Å². The van der Waals surface area contributed by atoms with E-state index in [0.717, 1.165) is 18.5 Å². The van der Waals surface area contributed by atoms with Crippen LogP contribution in [0.15, 0.2) is 36.4 Å². The molecular formula is C29H43N3O8. The number of hydrogen-bond donors (Lipinski definition) is 4. The van der Waals surface area contributed by atoms with Gasteiger partial charge in [-0.05, 0) is 55.9 Å². The molecule has 0 saturated heterocycles. The molecule has 1 atom stereocenters. The van der Waals surface area contributed by atoms with E-state index in [2.05, 4.69) is 10.6 Å². The summed E-state index contributed by atoms with van der Waals surface area (Å²) in [5.74, 6) is 0.170. The summed E-state index contributed by atoms with van der Waals surface area (Å²) in [5, 5.41) is 15.6. The number of aliphatic hydroxyl groups excluding tert-OH is 1. The van der Waals surface area contributed by atoms with Crippen LogP contribution >= 0.6 is 0 Å². The number of amides is 1. The molecule has 0 bridgehead atoms. The minimum absolute atomic E-state index is 0.0690. The van der Waals surface area contributed by atoms with E-state index in [1.807, 2.05) is 13.1 Å². The van der Waals surface area contributed by atoms with Crippen LogP contribution in [-0.4, -0.2) is 63.9 Å². The number of aliphatic hydroxyl groups is 1. The van der Waals surface area contributed by atoms with Gasteiger partial charge in [-0.15, -0.1) is 0 Å². The van der Waals surface area contributed by atoms with Gasteiger partial charge in [0.25, 0.3) is 0 Å². The lowest BCUT2D eigenvalue weighted by atomic mass is 10.1. The monoisotopic (exact) mass is 561 g/mol. The summed E-state index contributed by atoms with van der Waals surface area (Å²) < 4.78 is 20.9. The molecule has 2 aromatic rings. The van der Waals surface area contributed by atoms with Crippen LogP contribution in [0.25, 0.3) is 0 Å². The predicted molar refractivity (Wildman–Crippen MR) is 152 cm³/mol. The van der Waals surface area contributed by atoms with Crippen molar-refractivity contribution < 1.29 is 38.4 Å². The Balaban J connectivity index is 0.000000408. The van der Waals surface area contributed by atoms with E-state index in [-0.39, 0.29) is 48.5 Å². The highest BCUT2D eigenvalue weighted by atomic mass is 16.6. The topological polar surface area (TPSA) is 158 Å². The molecule has 11 nitrogen and oxygen atoms in total. The highest BCUT2D eigenvalue weighted by Crippen LogP contribution is 2.30. The zero-order valence-corrected chi connectivity index (χ0v) is 24.4. The molecule has 222 valence electrons. The van der Waals surface area contributed by atoms with Crippen molar-refractivity contribution in [2.24, 2.45) is 17.6 Å². The first-order chi connectivity index (χ1) is 19.0. The molecule has 0 aliphatic rings. The van der Waals surface area contributed by atoms with E-state index in [1.54, 1.807) is 58.0 Å². The highest BCUT2D eigenvalue weighted by Gasteiger charge is 2.18. The molecule has 11 heteroatoms. The first-order valence-electron chi connectivity index (χ1n) is 13.0. The molecule has 0 saturated carbocycles. The average molecular weight is 562 g/mol. The predicted octanol–water partition coefficient (Wildman–Crippen LogP) is 2.38. The molecule has 2 rings (SSSR count). The van der Waals surface area contributed by atoms with Gasteiger partial charge < -0.3 is 40.4 Å². The maximum atomic E-state index is 11.8. The summed E-state index contributed by atoms with van der Waals surface area (Å²) in [4.78, 5) is 34.6. The lowest BCUT2D eigenvalue weighted by molar-refractivity contribution is -0.140. The van der Waals surface area contributed by atoms with Gasteiger partial charge in [0.2, 0.25) is 5.91 Å². The number of ether oxygens (including phenoxy) is 4. The van der Waals surface area contributed by atoms with Crippen LogP contribution in [0.1, 0.15) is 44.9 Å². The van der Waals surface area contributed by atoms with Crippen molar-refractivity contribution in [1.82, 2.24) is 10.6 Å². The van der Waals surface area contributed by atoms with Crippen LogP contribution in [0.2, 0.25) is 0 Å². The molecule has 2 aromatic carbocycles. The maximum Gasteiger partial charge on any atom is 0.313 e. The van der Waals surface area contributed by atoms with Gasteiger partial charge in [-0.25, -0.2) is 0 Å². The molecule has 0 aromatic heterocycles. The van der Waals surface area contributed by atoms with E-state index >= 15 is 0 Å². The smallest absolute Gasteiger partial charge is 0.313 e. The summed E-state index contributed by atoms with van der Waals surface area (Å²) in [5.41, 5.74) is 6.72. The van der Waals surface area contributed by atoms with Crippen LogP contribution < -0.4 is 35.3 Å². The van der Waals surface area contributed by atoms with E-state index in [4.69, 9.17) is 24.7 Å². The first kappa shape index (κ1) is 34.4. The summed E-state index contributed by atoms with van der Waals surface area (Å²) in [7, 11) is 4.92. The molecule has 1 amide bonds. The van der Waals surface area contributed by atoms with Crippen LogP contribution in [-0.2, 0) is 20.8 Å². The molecule has 0 heterocycles. The van der Waals surface area contributed by atoms with E-state index in [0.29, 0.717) is 22.8 Å². The van der Waals surface area contributed by atoms with Crippen molar-refractivity contribution in [2.45, 2.75) is 40.2 Å². The molecule has 0 aliphatic heterocycles. The summed E-state index contributed by atoms with van der Waals surface area (Å²) in [6, 6.07) is 10.4. The fourth-order valence-corrected chi connectivity index (χ4v) is 3.09. The molecule has 40 heavy (non-hydrogen) atoms. The number of methoxy groups -OCH3 is 2. The van der Waals surface area contributed by atoms with Gasteiger partial charge in [0.05, 0.1) is 38.7 Å². The van der Waals surface area contributed by atoms with Crippen molar-refractivity contribution in [1.29, 1.82) is 0 Å². The third-order valence-electron chi connectivity index (χ3n) is 5.51. The second kappa shape index (κ2) is 17.8. The largest absolute Gasteiger partial charge is 0.497 e. The zero-order chi connectivity index (χ0) is 30.2. The molecule has 5 N–H and O–H groups in total. The lowest BCUT2D eigenvalue weighted by Crippen LogP contribution is -2.33. The number of carbonyl (C=O) groups excluding carboxylic acids is 3. The molecule has 0 radical (unpaired) electrons. The minimum atomic E-state index is -0.884. The molecular weight excluding hydrogens is 518 g/mol. The Labute approximate surface area is 236 Å². The van der Waals surface area contributed by atoms with Crippen molar-refractivity contribution in [3.63, 3.8) is 0 Å². The van der Waals surface area contributed by atoms with Crippen molar-refractivity contribution >= 4 is 17.8 Å². The Hall–Kier alpha value is -3.67. The number of hydrogen-bond acceptors (Lipinski definition) is 10. The summed E-state index contributed by atoms with van der Waals surface area (Å²) >= 11 is 0. The van der Waals surface area contributed by atoms with Gasteiger partial charge in [-0.3, -0.25) is 14.4 Å². The van der Waals surface area contributed by atoms with E-state index in [9.17, 15) is 19.5 Å². The summed E-state index contributed by atoms with van der Waals surface area (Å²) in [6.45, 7) is 7.79. The number of likely N-dealkylation sites (N-methyl/N-ethyl adjacent to an activating group) is 1. The fraction of sp³-hybridized carbons (Fsp3) is 0.483. The van der Waals surface area contributed by atoms with Crippen molar-refractivity contribution in [3.05, 3.63) is 47.5 Å². The summed E-state index contributed by atoms with van der Waals surface area (Å²) in [6.07, 6.45) is -0.0910. The Bertz CT molecular complexity index is 1100. The lowest BCUT2D eigenvalue weighted by Gasteiger charge is -2.16. The number of nitrogens with one attached hydrogen (secondary N) is 2. The number of benzene rings is 2. The number of carbonyl (C=O) groups is 3. The second-order valence-electron chi connectivity index (χ2n) is 9.42. The number of rotatable bonds is 13. The Morgan fingerprint density at radius 1 is 0.875 bits per heavy atom. The van der Waals surface area contributed by atoms with E-state index < -0.39 is 6.10 Å². The van der Waals surface area contributed by atoms with Gasteiger partial charge in [-0.2, -0.15) is 0 Å². The number of nitrogens with two attached hydrogens (primary N) is 1. The molecule has 0 fully saturated rings. The van der Waals surface area contributed by atoms with Crippen molar-refractivity contribution in [3.8, 4) is 23.0 Å². The zero-order valence-electron chi connectivity index (χ0n) is 24.4. The van der Waals surface area contributed by atoms with Crippen LogP contribution in [0.5, 0.6) is 23.0 Å². The standard InChI is InChI=1S/C17H25NO4.C12H18N2O4/c1-11(2)16(19)21-14-7-6-13(8-9-18-5)10-15(14)22-17(20)12(3)4;1-17-8-3-4-11(18-2)9(5-8)10(15)7-14-12(16)6-13/h6-7,10-12,18H,8-9H2,1-5H3;3-5,10,15H,6-7,13H2,1-2H3,(H,14,16). The fourth-order valence-electron chi connectivity index (χ4n) is 3.09. The molecule has 1 unspecified atom stereocenters. The van der Waals surface area contributed by atoms with Crippen LogP contribution in [0.4, 0.5) is 0 Å². The van der Waals surface area contributed by atoms with Gasteiger partial charge in [-0.1, -0.05) is 33.8 Å². The van der Waals surface area contributed by atoms with Gasteiger partial charge >= 0.3 is 11.9 Å². The van der Waals surface area contributed by atoms with Gasteiger partial charge in [0.15, 0.2) is 11.5 Å². The maximum absolute atomic E-state index is 11.8. The Kier molecular flexibility index (Phi) is 15.3. The van der Waals surface area contributed by atoms with Gasteiger partial charge in [0, 0.05) is 12.1 Å². The Morgan fingerprint density at radius 2 is 1.48 bits per heavy atom. The van der Waals surface area contributed by atoms with E-state index in [1.165, 1.54) is 14.2 Å².